The molecule has 1 fully saturated rings. The molecule has 2 unspecified atom stereocenters. The van der Waals surface area contributed by atoms with Gasteiger partial charge in [-0.3, -0.25) is 0 Å². The Labute approximate surface area is 69.3 Å². The standard InChI is InChI=1S/C9H19NO/c1-8(10-2)5-6-9-4-3-7-11-9/h8-10H,3-7H2,1-2H3. The van der Waals surface area contributed by atoms with Crippen LogP contribution in [0.3, 0.4) is 0 Å². The first kappa shape index (κ1) is 9.01. The predicted octanol–water partition coefficient (Wildman–Crippen LogP) is 1.55. The molecular weight excluding hydrogens is 138 g/mol. The van der Waals surface area contributed by atoms with Crippen LogP contribution in [0.5, 0.6) is 0 Å². The molecule has 1 heterocycles. The Kier molecular flexibility index (Phi) is 3.87. The van der Waals surface area contributed by atoms with Crippen LogP contribution in [-0.4, -0.2) is 25.8 Å². The summed E-state index contributed by atoms with van der Waals surface area (Å²) in [6.45, 7) is 3.20. The Bertz CT molecular complexity index is 99.7. The highest BCUT2D eigenvalue weighted by atomic mass is 16.5. The summed E-state index contributed by atoms with van der Waals surface area (Å²) in [6, 6.07) is 0.638. The maximum Gasteiger partial charge on any atom is 0.0576 e. The minimum absolute atomic E-state index is 0.561. The fourth-order valence-electron chi connectivity index (χ4n) is 1.45. The molecule has 0 aromatic heterocycles. The normalized spacial score (nSPS) is 27.3. The molecular formula is C9H19NO. The number of hydrogen-bond acceptors (Lipinski definition) is 2. The number of hydrogen-bond donors (Lipinski definition) is 1. The second-order valence-corrected chi connectivity index (χ2v) is 3.40. The van der Waals surface area contributed by atoms with E-state index in [1.165, 1.54) is 25.7 Å². The van der Waals surface area contributed by atoms with Gasteiger partial charge in [-0.05, 0) is 39.7 Å². The molecule has 1 N–H and O–H groups in total. The zero-order chi connectivity index (χ0) is 8.10. The SMILES string of the molecule is CNC(C)CCC1CCCO1. The van der Waals surface area contributed by atoms with Gasteiger partial charge in [-0.2, -0.15) is 0 Å². The highest BCUT2D eigenvalue weighted by molar-refractivity contribution is 4.67. The molecule has 1 rings (SSSR count). The molecule has 0 aliphatic carbocycles. The monoisotopic (exact) mass is 157 g/mol. The van der Waals surface area contributed by atoms with Crippen molar-refractivity contribution in [1.29, 1.82) is 0 Å². The maximum atomic E-state index is 5.52. The second-order valence-electron chi connectivity index (χ2n) is 3.40. The van der Waals surface area contributed by atoms with Gasteiger partial charge in [0.1, 0.15) is 0 Å². The Hall–Kier alpha value is -0.0800. The molecule has 0 spiro atoms. The van der Waals surface area contributed by atoms with Gasteiger partial charge in [-0.25, -0.2) is 0 Å². The average molecular weight is 157 g/mol. The summed E-state index contributed by atoms with van der Waals surface area (Å²) in [5, 5.41) is 3.23. The smallest absolute Gasteiger partial charge is 0.0576 e. The van der Waals surface area contributed by atoms with E-state index >= 15 is 0 Å². The lowest BCUT2D eigenvalue weighted by molar-refractivity contribution is 0.100. The van der Waals surface area contributed by atoms with Crippen LogP contribution in [0.25, 0.3) is 0 Å². The molecule has 0 aromatic carbocycles. The fraction of sp³-hybridized carbons (Fsp3) is 1.00. The van der Waals surface area contributed by atoms with Crippen molar-refractivity contribution in [3.63, 3.8) is 0 Å². The van der Waals surface area contributed by atoms with E-state index < -0.39 is 0 Å². The molecule has 0 aromatic rings. The van der Waals surface area contributed by atoms with Crippen molar-refractivity contribution in [3.05, 3.63) is 0 Å². The summed E-state index contributed by atoms with van der Waals surface area (Å²) in [6.07, 6.45) is 5.56. The van der Waals surface area contributed by atoms with Gasteiger partial charge in [-0.1, -0.05) is 0 Å². The van der Waals surface area contributed by atoms with Gasteiger partial charge < -0.3 is 10.1 Å². The van der Waals surface area contributed by atoms with Crippen molar-refractivity contribution >= 4 is 0 Å². The van der Waals surface area contributed by atoms with Crippen LogP contribution in [-0.2, 0) is 4.74 Å². The summed E-state index contributed by atoms with van der Waals surface area (Å²) in [5.74, 6) is 0. The minimum atomic E-state index is 0.561. The highest BCUT2D eigenvalue weighted by Gasteiger charge is 2.15. The number of nitrogens with one attached hydrogen (secondary N) is 1. The van der Waals surface area contributed by atoms with E-state index in [0.29, 0.717) is 12.1 Å². The predicted molar refractivity (Wildman–Crippen MR) is 46.7 cm³/mol. The zero-order valence-corrected chi connectivity index (χ0v) is 7.60. The van der Waals surface area contributed by atoms with E-state index in [2.05, 4.69) is 12.2 Å². The van der Waals surface area contributed by atoms with Crippen molar-refractivity contribution in [1.82, 2.24) is 5.32 Å². The van der Waals surface area contributed by atoms with Crippen LogP contribution in [0, 0.1) is 0 Å². The van der Waals surface area contributed by atoms with Crippen molar-refractivity contribution in [3.8, 4) is 0 Å². The molecule has 0 amide bonds. The summed E-state index contributed by atoms with van der Waals surface area (Å²) in [7, 11) is 2.01. The van der Waals surface area contributed by atoms with Gasteiger partial charge in [0, 0.05) is 12.6 Å². The number of rotatable bonds is 4. The lowest BCUT2D eigenvalue weighted by atomic mass is 10.1. The van der Waals surface area contributed by atoms with Crippen LogP contribution in [0.4, 0.5) is 0 Å². The Morgan fingerprint density at radius 2 is 2.45 bits per heavy atom. The van der Waals surface area contributed by atoms with Crippen LogP contribution < -0.4 is 5.32 Å². The molecule has 1 aliphatic heterocycles. The van der Waals surface area contributed by atoms with Gasteiger partial charge in [-0.15, -0.1) is 0 Å². The third-order valence-electron chi connectivity index (χ3n) is 2.44. The van der Waals surface area contributed by atoms with E-state index in [-0.39, 0.29) is 0 Å². The van der Waals surface area contributed by atoms with E-state index in [0.717, 1.165) is 6.61 Å². The Morgan fingerprint density at radius 1 is 1.64 bits per heavy atom. The maximum absolute atomic E-state index is 5.52. The van der Waals surface area contributed by atoms with Crippen LogP contribution >= 0.6 is 0 Å². The Morgan fingerprint density at radius 3 is 3.00 bits per heavy atom. The molecule has 2 nitrogen and oxygen atoms in total. The first-order chi connectivity index (χ1) is 5.33. The van der Waals surface area contributed by atoms with Crippen LogP contribution in [0.15, 0.2) is 0 Å². The van der Waals surface area contributed by atoms with Gasteiger partial charge in [0.2, 0.25) is 0 Å². The van der Waals surface area contributed by atoms with E-state index in [4.69, 9.17) is 4.74 Å². The highest BCUT2D eigenvalue weighted by Crippen LogP contribution is 2.17. The van der Waals surface area contributed by atoms with Crippen molar-refractivity contribution < 1.29 is 4.74 Å². The lowest BCUT2D eigenvalue weighted by Gasteiger charge is -2.13. The quantitative estimate of drug-likeness (QED) is 0.668. The van der Waals surface area contributed by atoms with E-state index in [9.17, 15) is 0 Å². The molecule has 11 heavy (non-hydrogen) atoms. The first-order valence-electron chi connectivity index (χ1n) is 4.62. The van der Waals surface area contributed by atoms with Crippen molar-refractivity contribution in [2.24, 2.45) is 0 Å². The number of ether oxygens (including phenoxy) is 1. The topological polar surface area (TPSA) is 21.3 Å². The second kappa shape index (κ2) is 4.73. The van der Waals surface area contributed by atoms with Crippen LogP contribution in [0.2, 0.25) is 0 Å². The molecule has 0 bridgehead atoms. The largest absolute Gasteiger partial charge is 0.378 e. The van der Waals surface area contributed by atoms with Gasteiger partial charge in [0.25, 0.3) is 0 Å². The summed E-state index contributed by atoms with van der Waals surface area (Å²) in [4.78, 5) is 0. The molecule has 1 saturated heterocycles. The average Bonchev–Trinajstić information content (AvgIpc) is 2.52. The summed E-state index contributed by atoms with van der Waals surface area (Å²) < 4.78 is 5.52. The van der Waals surface area contributed by atoms with Crippen molar-refractivity contribution in [2.75, 3.05) is 13.7 Å². The Balaban J connectivity index is 2.01. The zero-order valence-electron chi connectivity index (χ0n) is 7.60. The minimum Gasteiger partial charge on any atom is -0.378 e. The lowest BCUT2D eigenvalue weighted by Crippen LogP contribution is -2.22. The first-order valence-corrected chi connectivity index (χ1v) is 4.62. The van der Waals surface area contributed by atoms with Gasteiger partial charge in [0.15, 0.2) is 0 Å². The van der Waals surface area contributed by atoms with Crippen molar-refractivity contribution in [2.45, 2.75) is 44.8 Å². The van der Waals surface area contributed by atoms with E-state index in [1.807, 2.05) is 7.05 Å². The van der Waals surface area contributed by atoms with Crippen LogP contribution in [0.1, 0.15) is 32.6 Å². The van der Waals surface area contributed by atoms with Gasteiger partial charge in [0.05, 0.1) is 6.10 Å². The van der Waals surface area contributed by atoms with E-state index in [1.54, 1.807) is 0 Å². The summed E-state index contributed by atoms with van der Waals surface area (Å²) >= 11 is 0. The summed E-state index contributed by atoms with van der Waals surface area (Å²) in [5.41, 5.74) is 0. The molecule has 2 heteroatoms. The molecule has 0 saturated carbocycles. The molecule has 0 radical (unpaired) electrons. The van der Waals surface area contributed by atoms with Gasteiger partial charge >= 0.3 is 0 Å². The third-order valence-corrected chi connectivity index (χ3v) is 2.44. The fourth-order valence-corrected chi connectivity index (χ4v) is 1.45. The molecule has 66 valence electrons. The molecule has 1 aliphatic rings. The third kappa shape index (κ3) is 3.21. The molecule has 2 atom stereocenters.